The van der Waals surface area contributed by atoms with Crippen molar-refractivity contribution >= 4 is 32.0 Å². The van der Waals surface area contributed by atoms with E-state index in [9.17, 15) is 13.2 Å². The van der Waals surface area contributed by atoms with Gasteiger partial charge >= 0.3 is 6.03 Å². The quantitative estimate of drug-likeness (QED) is 0.714. The minimum Gasteiger partial charge on any atom is -0.331 e. The largest absolute Gasteiger partial charge is 0.331 e. The Balaban J connectivity index is 1.38. The Bertz CT molecular complexity index is 972. The summed E-state index contributed by atoms with van der Waals surface area (Å²) in [4.78, 5) is 14.8. The number of urea groups is 1. The smallest absolute Gasteiger partial charge is 0.317 e. The van der Waals surface area contributed by atoms with E-state index in [-0.39, 0.29) is 17.0 Å². The molecule has 6 nitrogen and oxygen atoms in total. The number of carbonyl (C=O) groups is 1. The van der Waals surface area contributed by atoms with Crippen molar-refractivity contribution in [3.63, 3.8) is 0 Å². The van der Waals surface area contributed by atoms with Crippen LogP contribution in [0.15, 0.2) is 64.0 Å². The maximum atomic E-state index is 12.9. The molecule has 2 aromatic carbocycles. The molecule has 0 bridgehead atoms. The molecule has 1 saturated carbocycles. The molecule has 4 rings (SSSR count). The molecule has 0 radical (unpaired) electrons. The predicted molar refractivity (Wildman–Crippen MR) is 115 cm³/mol. The number of sulfonamides is 1. The van der Waals surface area contributed by atoms with E-state index in [0.717, 1.165) is 22.9 Å². The molecule has 8 heteroatoms. The van der Waals surface area contributed by atoms with Gasteiger partial charge in [0.25, 0.3) is 0 Å². The first kappa shape index (κ1) is 20.4. The number of benzene rings is 2. The van der Waals surface area contributed by atoms with Gasteiger partial charge < -0.3 is 10.2 Å². The first-order valence-electron chi connectivity index (χ1n) is 9.81. The molecular formula is C21H24BrN3O3S. The average Bonchev–Trinajstić information content (AvgIpc) is 3.58. The summed E-state index contributed by atoms with van der Waals surface area (Å²) < 4.78 is 27.9. The van der Waals surface area contributed by atoms with Crippen LogP contribution in [0.4, 0.5) is 4.79 Å². The zero-order chi connectivity index (χ0) is 20.4. The second-order valence-electron chi connectivity index (χ2n) is 7.52. The number of nitrogens with one attached hydrogen (secondary N) is 1. The summed E-state index contributed by atoms with van der Waals surface area (Å²) in [6, 6.07) is 16.7. The molecular weight excluding hydrogens is 454 g/mol. The number of halogens is 1. The summed E-state index contributed by atoms with van der Waals surface area (Å²) in [7, 11) is -3.56. The Morgan fingerprint density at radius 2 is 1.69 bits per heavy atom. The second-order valence-corrected chi connectivity index (χ2v) is 10.4. The fourth-order valence-electron chi connectivity index (χ4n) is 3.70. The van der Waals surface area contributed by atoms with Gasteiger partial charge in [0.15, 0.2) is 0 Å². The molecule has 1 aliphatic carbocycles. The number of carbonyl (C=O) groups excluding carboxylic acids is 1. The average molecular weight is 478 g/mol. The van der Waals surface area contributed by atoms with Crippen LogP contribution in [0.5, 0.6) is 0 Å². The highest BCUT2D eigenvalue weighted by molar-refractivity contribution is 9.10. The fourth-order valence-corrected chi connectivity index (χ4v) is 5.72. The van der Waals surface area contributed by atoms with Crippen LogP contribution in [-0.2, 0) is 10.0 Å². The number of hydrogen-bond donors (Lipinski definition) is 1. The number of amides is 2. The number of rotatable bonds is 5. The van der Waals surface area contributed by atoms with Crippen LogP contribution in [0.25, 0.3) is 0 Å². The van der Waals surface area contributed by atoms with Gasteiger partial charge in [-0.25, -0.2) is 13.2 Å². The van der Waals surface area contributed by atoms with E-state index in [4.69, 9.17) is 0 Å². The topological polar surface area (TPSA) is 69.7 Å². The molecule has 29 heavy (non-hydrogen) atoms. The van der Waals surface area contributed by atoms with Crippen LogP contribution in [0.2, 0.25) is 0 Å². The van der Waals surface area contributed by atoms with Crippen molar-refractivity contribution < 1.29 is 13.2 Å². The van der Waals surface area contributed by atoms with E-state index in [2.05, 4.69) is 21.2 Å². The van der Waals surface area contributed by atoms with Crippen LogP contribution < -0.4 is 5.32 Å². The van der Waals surface area contributed by atoms with Gasteiger partial charge in [-0.05, 0) is 42.5 Å². The SMILES string of the molecule is O=C(NC(c1ccccc1)C1CC1)N1CCN(S(=O)(=O)c2cccc(Br)c2)CC1. The van der Waals surface area contributed by atoms with Crippen molar-refractivity contribution in [2.24, 2.45) is 5.92 Å². The van der Waals surface area contributed by atoms with Crippen molar-refractivity contribution in [3.05, 3.63) is 64.6 Å². The molecule has 2 aliphatic rings. The summed E-state index contributed by atoms with van der Waals surface area (Å²) in [5.74, 6) is 0.486. The van der Waals surface area contributed by atoms with Gasteiger partial charge in [-0.15, -0.1) is 0 Å². The lowest BCUT2D eigenvalue weighted by atomic mass is 10.0. The molecule has 1 atom stereocenters. The standard InChI is InChI=1S/C21H24BrN3O3S/c22-18-7-4-8-19(15-18)29(27,28)25-13-11-24(12-14-25)21(26)23-20(17-9-10-17)16-5-2-1-3-6-16/h1-8,15,17,20H,9-14H2,(H,23,26). The van der Waals surface area contributed by atoms with Gasteiger partial charge in [0.05, 0.1) is 10.9 Å². The molecule has 1 unspecified atom stereocenters. The first-order chi connectivity index (χ1) is 13.9. The van der Waals surface area contributed by atoms with E-state index in [0.29, 0.717) is 32.1 Å². The van der Waals surface area contributed by atoms with E-state index in [1.807, 2.05) is 30.3 Å². The fraction of sp³-hybridized carbons (Fsp3) is 0.381. The first-order valence-corrected chi connectivity index (χ1v) is 12.0. The lowest BCUT2D eigenvalue weighted by Gasteiger charge is -2.35. The molecule has 1 aliphatic heterocycles. The Labute approximate surface area is 180 Å². The summed E-state index contributed by atoms with van der Waals surface area (Å²) in [5, 5.41) is 3.17. The zero-order valence-corrected chi connectivity index (χ0v) is 18.4. The molecule has 1 N–H and O–H groups in total. The van der Waals surface area contributed by atoms with Gasteiger partial charge in [-0.1, -0.05) is 52.3 Å². The maximum absolute atomic E-state index is 12.9. The summed E-state index contributed by atoms with van der Waals surface area (Å²) in [6.45, 7) is 1.35. The van der Waals surface area contributed by atoms with E-state index in [1.165, 1.54) is 4.31 Å². The van der Waals surface area contributed by atoms with Crippen LogP contribution in [-0.4, -0.2) is 49.8 Å². The highest BCUT2D eigenvalue weighted by Crippen LogP contribution is 2.41. The highest BCUT2D eigenvalue weighted by Gasteiger charge is 2.35. The van der Waals surface area contributed by atoms with Gasteiger partial charge in [0.2, 0.25) is 10.0 Å². The van der Waals surface area contributed by atoms with Crippen LogP contribution in [0.3, 0.4) is 0 Å². The minimum absolute atomic E-state index is 0.0205. The molecule has 2 amide bonds. The van der Waals surface area contributed by atoms with E-state index < -0.39 is 10.0 Å². The Morgan fingerprint density at radius 1 is 1.00 bits per heavy atom. The van der Waals surface area contributed by atoms with E-state index in [1.54, 1.807) is 29.2 Å². The van der Waals surface area contributed by atoms with Crippen molar-refractivity contribution in [2.75, 3.05) is 26.2 Å². The Kier molecular flexibility index (Phi) is 5.94. The third-order valence-electron chi connectivity index (χ3n) is 5.49. The summed E-state index contributed by atoms with van der Waals surface area (Å²) >= 11 is 3.32. The third kappa shape index (κ3) is 4.65. The maximum Gasteiger partial charge on any atom is 0.317 e. The molecule has 1 saturated heterocycles. The molecule has 154 valence electrons. The van der Waals surface area contributed by atoms with Crippen molar-refractivity contribution in [3.8, 4) is 0 Å². The lowest BCUT2D eigenvalue weighted by Crippen LogP contribution is -2.53. The zero-order valence-electron chi connectivity index (χ0n) is 16.0. The second kappa shape index (κ2) is 8.45. The van der Waals surface area contributed by atoms with Gasteiger partial charge in [-0.3, -0.25) is 0 Å². The normalized spacial score (nSPS) is 19.0. The molecule has 2 fully saturated rings. The number of nitrogens with zero attached hydrogens (tertiary/aromatic N) is 2. The van der Waals surface area contributed by atoms with Crippen molar-refractivity contribution in [2.45, 2.75) is 23.8 Å². The third-order valence-corrected chi connectivity index (χ3v) is 7.88. The molecule has 2 aromatic rings. The van der Waals surface area contributed by atoms with Gasteiger partial charge in [0, 0.05) is 30.7 Å². The van der Waals surface area contributed by atoms with Gasteiger partial charge in [-0.2, -0.15) is 4.31 Å². The number of piperazine rings is 1. The lowest BCUT2D eigenvalue weighted by molar-refractivity contribution is 0.167. The Hall–Kier alpha value is -1.90. The monoisotopic (exact) mass is 477 g/mol. The van der Waals surface area contributed by atoms with Crippen molar-refractivity contribution in [1.29, 1.82) is 0 Å². The van der Waals surface area contributed by atoms with Crippen LogP contribution in [0.1, 0.15) is 24.4 Å². The van der Waals surface area contributed by atoms with Crippen LogP contribution in [0, 0.1) is 5.92 Å². The highest BCUT2D eigenvalue weighted by atomic mass is 79.9. The van der Waals surface area contributed by atoms with Gasteiger partial charge in [0.1, 0.15) is 0 Å². The molecule has 0 spiro atoms. The predicted octanol–water partition coefficient (Wildman–Crippen LogP) is 3.62. The summed E-state index contributed by atoms with van der Waals surface area (Å²) in [6.07, 6.45) is 2.25. The summed E-state index contributed by atoms with van der Waals surface area (Å²) in [5.41, 5.74) is 1.12. The molecule has 1 heterocycles. The molecule has 0 aromatic heterocycles. The Morgan fingerprint density at radius 3 is 2.31 bits per heavy atom. The van der Waals surface area contributed by atoms with Crippen LogP contribution >= 0.6 is 15.9 Å². The number of hydrogen-bond acceptors (Lipinski definition) is 3. The van der Waals surface area contributed by atoms with Crippen molar-refractivity contribution in [1.82, 2.24) is 14.5 Å². The minimum atomic E-state index is -3.56. The van der Waals surface area contributed by atoms with E-state index >= 15 is 0 Å².